The Labute approximate surface area is 122 Å². The fourth-order valence-electron chi connectivity index (χ4n) is 1.89. The molecule has 2 aromatic rings. The van der Waals surface area contributed by atoms with Crippen molar-refractivity contribution in [1.82, 2.24) is 0 Å². The highest BCUT2D eigenvalue weighted by Gasteiger charge is 2.08. The van der Waals surface area contributed by atoms with E-state index >= 15 is 0 Å². The zero-order valence-corrected chi connectivity index (χ0v) is 12.6. The number of nitrogens with zero attached hydrogens (tertiary/aromatic N) is 1. The van der Waals surface area contributed by atoms with Crippen LogP contribution in [0.4, 0.5) is 5.69 Å². The van der Waals surface area contributed by atoms with Crippen LogP contribution in [0.15, 0.2) is 35.7 Å². The highest BCUT2D eigenvalue weighted by atomic mass is 35.5. The summed E-state index contributed by atoms with van der Waals surface area (Å²) in [5.74, 6) is -0.00205. The number of carbonyl (C=O) groups excluding carboxylic acids is 1. The van der Waals surface area contributed by atoms with Crippen molar-refractivity contribution in [3.05, 3.63) is 51.2 Å². The van der Waals surface area contributed by atoms with Gasteiger partial charge < -0.3 is 4.90 Å². The molecular weight excluding hydrogens is 278 g/mol. The summed E-state index contributed by atoms with van der Waals surface area (Å²) < 4.78 is 0. The minimum Gasteiger partial charge on any atom is -0.374 e. The summed E-state index contributed by atoms with van der Waals surface area (Å²) in [6, 6.07) is 9.80. The monoisotopic (exact) mass is 293 g/mol. The van der Waals surface area contributed by atoms with Crippen molar-refractivity contribution in [2.75, 3.05) is 18.5 Å². The van der Waals surface area contributed by atoms with Crippen molar-refractivity contribution >= 4 is 34.4 Å². The number of Topliss-reactive ketones (excluding diaryl/α,β-unsaturated/α-hetero) is 1. The molecule has 2 nitrogen and oxygen atoms in total. The largest absolute Gasteiger partial charge is 0.374 e. The van der Waals surface area contributed by atoms with Crippen LogP contribution in [0.5, 0.6) is 0 Å². The van der Waals surface area contributed by atoms with E-state index in [0.717, 1.165) is 18.7 Å². The van der Waals surface area contributed by atoms with E-state index < -0.39 is 0 Å². The topological polar surface area (TPSA) is 20.3 Å². The molecule has 0 atom stereocenters. The molecule has 0 spiro atoms. The molecule has 0 unspecified atom stereocenters. The van der Waals surface area contributed by atoms with Gasteiger partial charge in [0.25, 0.3) is 0 Å². The Kier molecular flexibility index (Phi) is 4.61. The zero-order chi connectivity index (χ0) is 13.8. The van der Waals surface area contributed by atoms with E-state index in [0.29, 0.717) is 10.6 Å². The normalized spacial score (nSPS) is 10.5. The van der Waals surface area contributed by atoms with Crippen LogP contribution in [0.3, 0.4) is 0 Å². The molecule has 0 radical (unpaired) electrons. The van der Waals surface area contributed by atoms with Crippen LogP contribution in [0, 0.1) is 0 Å². The van der Waals surface area contributed by atoms with Gasteiger partial charge in [-0.15, -0.1) is 11.3 Å². The van der Waals surface area contributed by atoms with Crippen LogP contribution in [0.25, 0.3) is 0 Å². The Morgan fingerprint density at radius 2 is 2.16 bits per heavy atom. The van der Waals surface area contributed by atoms with E-state index in [9.17, 15) is 4.79 Å². The highest BCUT2D eigenvalue weighted by Crippen LogP contribution is 2.24. The third kappa shape index (κ3) is 3.58. The molecule has 0 bridgehead atoms. The molecular formula is C15H16ClNOS. The molecule has 19 heavy (non-hydrogen) atoms. The number of ketones is 1. The lowest BCUT2D eigenvalue weighted by atomic mass is 10.1. The number of anilines is 1. The second-order valence-electron chi connectivity index (χ2n) is 4.47. The van der Waals surface area contributed by atoms with E-state index in [-0.39, 0.29) is 5.78 Å². The molecule has 0 aliphatic heterocycles. The first kappa shape index (κ1) is 14.1. The van der Waals surface area contributed by atoms with E-state index in [1.54, 1.807) is 17.4 Å². The number of hydrogen-bond acceptors (Lipinski definition) is 3. The Morgan fingerprint density at radius 3 is 2.74 bits per heavy atom. The number of carbonyl (C=O) groups is 1. The van der Waals surface area contributed by atoms with Gasteiger partial charge in [0.2, 0.25) is 0 Å². The number of thiophene rings is 1. The average Bonchev–Trinajstić information content (AvgIpc) is 2.88. The number of benzene rings is 1. The van der Waals surface area contributed by atoms with Crippen molar-refractivity contribution in [3.8, 4) is 0 Å². The Balaban J connectivity index is 2.05. The molecule has 0 saturated carbocycles. The fraction of sp³-hybridized carbons (Fsp3) is 0.267. The van der Waals surface area contributed by atoms with Gasteiger partial charge in [0.05, 0.1) is 5.02 Å². The van der Waals surface area contributed by atoms with E-state index in [1.165, 1.54) is 11.8 Å². The smallest absolute Gasteiger partial charge is 0.161 e. The predicted molar refractivity (Wildman–Crippen MR) is 82.7 cm³/mol. The van der Waals surface area contributed by atoms with Gasteiger partial charge in [-0.25, -0.2) is 0 Å². The maximum absolute atomic E-state index is 11.3. The molecule has 0 aliphatic carbocycles. The summed E-state index contributed by atoms with van der Waals surface area (Å²) in [7, 11) is 2.03. The SMILES string of the molecule is CC(=O)c1ccc(N(C)CCc2cccs2)cc1Cl. The summed E-state index contributed by atoms with van der Waals surface area (Å²) in [4.78, 5) is 14.9. The van der Waals surface area contributed by atoms with Gasteiger partial charge >= 0.3 is 0 Å². The van der Waals surface area contributed by atoms with Crippen LogP contribution in [0.2, 0.25) is 5.02 Å². The summed E-state index contributed by atoms with van der Waals surface area (Å²) >= 11 is 7.89. The van der Waals surface area contributed by atoms with Gasteiger partial charge in [-0.1, -0.05) is 17.7 Å². The molecule has 1 aromatic heterocycles. The Morgan fingerprint density at radius 1 is 1.37 bits per heavy atom. The second-order valence-corrected chi connectivity index (χ2v) is 5.91. The lowest BCUT2D eigenvalue weighted by Crippen LogP contribution is -2.20. The molecule has 0 saturated heterocycles. The molecule has 4 heteroatoms. The number of halogens is 1. The van der Waals surface area contributed by atoms with Gasteiger partial charge in [0, 0.05) is 29.7 Å². The molecule has 0 N–H and O–H groups in total. The van der Waals surface area contributed by atoms with Crippen LogP contribution >= 0.6 is 22.9 Å². The first-order chi connectivity index (χ1) is 9.08. The van der Waals surface area contributed by atoms with E-state index in [2.05, 4.69) is 22.4 Å². The lowest BCUT2D eigenvalue weighted by molar-refractivity contribution is 0.101. The standard InChI is InChI=1S/C15H16ClNOS/c1-11(18)14-6-5-12(10-15(14)16)17(2)8-7-13-4-3-9-19-13/h3-6,9-10H,7-8H2,1-2H3. The Hall–Kier alpha value is -1.32. The van der Waals surface area contributed by atoms with E-state index in [1.807, 2.05) is 19.2 Å². The van der Waals surface area contributed by atoms with Crippen LogP contribution < -0.4 is 4.90 Å². The highest BCUT2D eigenvalue weighted by molar-refractivity contribution is 7.09. The minimum atomic E-state index is -0.00205. The van der Waals surface area contributed by atoms with Gasteiger partial charge in [-0.2, -0.15) is 0 Å². The molecule has 1 aromatic carbocycles. The van der Waals surface area contributed by atoms with Gasteiger partial charge in [-0.3, -0.25) is 4.79 Å². The second kappa shape index (κ2) is 6.22. The van der Waals surface area contributed by atoms with Crippen molar-refractivity contribution in [3.63, 3.8) is 0 Å². The number of hydrogen-bond donors (Lipinski definition) is 0. The molecule has 1 heterocycles. The van der Waals surface area contributed by atoms with Crippen molar-refractivity contribution in [2.45, 2.75) is 13.3 Å². The van der Waals surface area contributed by atoms with Gasteiger partial charge in [-0.05, 0) is 43.0 Å². The maximum atomic E-state index is 11.3. The third-order valence-electron chi connectivity index (χ3n) is 3.05. The van der Waals surface area contributed by atoms with Gasteiger partial charge in [0.1, 0.15) is 0 Å². The molecule has 0 aliphatic rings. The van der Waals surface area contributed by atoms with Gasteiger partial charge in [0.15, 0.2) is 5.78 Å². The number of rotatable bonds is 5. The van der Waals surface area contributed by atoms with Crippen LogP contribution in [-0.4, -0.2) is 19.4 Å². The van der Waals surface area contributed by atoms with E-state index in [4.69, 9.17) is 11.6 Å². The molecule has 0 amide bonds. The summed E-state index contributed by atoms with van der Waals surface area (Å²) in [6.45, 7) is 2.46. The van der Waals surface area contributed by atoms with Crippen LogP contribution in [0.1, 0.15) is 22.2 Å². The Bertz CT molecular complexity index is 566. The van der Waals surface area contributed by atoms with Crippen molar-refractivity contribution in [1.29, 1.82) is 0 Å². The summed E-state index contributed by atoms with van der Waals surface area (Å²) in [5, 5.41) is 2.61. The third-order valence-corrected chi connectivity index (χ3v) is 4.30. The maximum Gasteiger partial charge on any atom is 0.161 e. The first-order valence-corrected chi connectivity index (χ1v) is 7.37. The lowest BCUT2D eigenvalue weighted by Gasteiger charge is -2.19. The molecule has 2 rings (SSSR count). The zero-order valence-electron chi connectivity index (χ0n) is 11.0. The quantitative estimate of drug-likeness (QED) is 0.767. The first-order valence-electron chi connectivity index (χ1n) is 6.12. The van der Waals surface area contributed by atoms with Crippen molar-refractivity contribution in [2.24, 2.45) is 0 Å². The molecule has 100 valence electrons. The minimum absolute atomic E-state index is 0.00205. The average molecular weight is 294 g/mol. The summed E-state index contributed by atoms with van der Waals surface area (Å²) in [5.41, 5.74) is 1.61. The number of likely N-dealkylation sites (N-methyl/N-ethyl adjacent to an activating group) is 1. The fourth-order valence-corrected chi connectivity index (χ4v) is 2.89. The van der Waals surface area contributed by atoms with Crippen LogP contribution in [-0.2, 0) is 6.42 Å². The summed E-state index contributed by atoms with van der Waals surface area (Å²) in [6.07, 6.45) is 1.01. The molecule has 0 fully saturated rings. The predicted octanol–water partition coefficient (Wildman–Crippen LogP) is 4.28. The van der Waals surface area contributed by atoms with Crippen molar-refractivity contribution < 1.29 is 4.79 Å².